The molecule has 110 valence electrons. The molecular formula is C17H13FN2O2. The van der Waals surface area contributed by atoms with Gasteiger partial charge in [-0.2, -0.15) is 5.10 Å². The highest BCUT2D eigenvalue weighted by Crippen LogP contribution is 2.22. The van der Waals surface area contributed by atoms with Crippen LogP contribution >= 0.6 is 0 Å². The number of rotatable bonds is 4. The van der Waals surface area contributed by atoms with E-state index in [1.165, 1.54) is 18.2 Å². The summed E-state index contributed by atoms with van der Waals surface area (Å²) in [5, 5.41) is 13.3. The van der Waals surface area contributed by atoms with Gasteiger partial charge >= 0.3 is 5.97 Å². The summed E-state index contributed by atoms with van der Waals surface area (Å²) in [6.45, 7) is 0.445. The fraction of sp³-hybridized carbons (Fsp3) is 0.0588. The lowest BCUT2D eigenvalue weighted by atomic mass is 10.1. The van der Waals surface area contributed by atoms with Crippen LogP contribution < -0.4 is 0 Å². The fourth-order valence-corrected chi connectivity index (χ4v) is 2.25. The molecule has 22 heavy (non-hydrogen) atoms. The lowest BCUT2D eigenvalue weighted by Gasteiger charge is -2.07. The van der Waals surface area contributed by atoms with Gasteiger partial charge in [-0.25, -0.2) is 9.18 Å². The fourth-order valence-electron chi connectivity index (χ4n) is 2.25. The summed E-state index contributed by atoms with van der Waals surface area (Å²) in [6.07, 6.45) is 0. The van der Waals surface area contributed by atoms with Gasteiger partial charge in [-0.1, -0.05) is 30.3 Å². The van der Waals surface area contributed by atoms with Crippen LogP contribution in [0.25, 0.3) is 11.3 Å². The van der Waals surface area contributed by atoms with Gasteiger partial charge < -0.3 is 5.11 Å². The van der Waals surface area contributed by atoms with Gasteiger partial charge in [0.1, 0.15) is 5.82 Å². The minimum atomic E-state index is -1.09. The van der Waals surface area contributed by atoms with E-state index in [9.17, 15) is 9.18 Å². The molecule has 0 atom stereocenters. The van der Waals surface area contributed by atoms with Crippen LogP contribution in [0.1, 0.15) is 16.1 Å². The number of hydrogen-bond donors (Lipinski definition) is 1. The number of carbonyl (C=O) groups is 1. The Hall–Kier alpha value is -2.95. The number of carboxylic acid groups (broad SMARTS) is 1. The molecular weight excluding hydrogens is 283 g/mol. The summed E-state index contributed by atoms with van der Waals surface area (Å²) in [5.74, 6) is -1.42. The number of carboxylic acids is 1. The van der Waals surface area contributed by atoms with Crippen molar-refractivity contribution in [2.45, 2.75) is 6.54 Å². The molecule has 0 saturated carbocycles. The molecule has 0 spiro atoms. The van der Waals surface area contributed by atoms with Crippen LogP contribution in [0, 0.1) is 5.82 Å². The molecule has 0 radical (unpaired) electrons. The summed E-state index contributed by atoms with van der Waals surface area (Å²) >= 11 is 0. The minimum absolute atomic E-state index is 0.0322. The molecule has 0 amide bonds. The topological polar surface area (TPSA) is 55.1 Å². The van der Waals surface area contributed by atoms with Crippen LogP contribution in [0.15, 0.2) is 60.7 Å². The summed E-state index contributed by atoms with van der Waals surface area (Å²) in [6, 6.07) is 17.0. The Bertz CT molecular complexity index is 795. The van der Waals surface area contributed by atoms with E-state index in [1.54, 1.807) is 16.8 Å². The first kappa shape index (κ1) is 14.0. The van der Waals surface area contributed by atoms with Crippen LogP contribution in [-0.2, 0) is 6.54 Å². The third kappa shape index (κ3) is 2.88. The Balaban J connectivity index is 2.04. The van der Waals surface area contributed by atoms with Crippen LogP contribution in [0.3, 0.4) is 0 Å². The van der Waals surface area contributed by atoms with E-state index in [0.717, 1.165) is 11.1 Å². The smallest absolute Gasteiger partial charge is 0.356 e. The Labute approximate surface area is 126 Å². The summed E-state index contributed by atoms with van der Waals surface area (Å²) in [4.78, 5) is 11.2. The average Bonchev–Trinajstić information content (AvgIpc) is 2.93. The molecule has 0 fully saturated rings. The monoisotopic (exact) mass is 296 g/mol. The van der Waals surface area contributed by atoms with Crippen molar-refractivity contribution in [3.8, 4) is 11.3 Å². The van der Waals surface area contributed by atoms with Crippen molar-refractivity contribution >= 4 is 5.97 Å². The SMILES string of the molecule is O=C(O)c1cc(-c2ccc(F)cc2)n(Cc2ccccc2)n1. The van der Waals surface area contributed by atoms with Gasteiger partial charge in [0, 0.05) is 5.56 Å². The molecule has 4 nitrogen and oxygen atoms in total. The van der Waals surface area contributed by atoms with Crippen LogP contribution in [0.2, 0.25) is 0 Å². The molecule has 0 aliphatic rings. The molecule has 1 heterocycles. The predicted octanol–water partition coefficient (Wildman–Crippen LogP) is 3.44. The normalized spacial score (nSPS) is 10.6. The van der Waals surface area contributed by atoms with Crippen molar-refractivity contribution in [1.29, 1.82) is 0 Å². The zero-order valence-electron chi connectivity index (χ0n) is 11.6. The molecule has 2 aromatic carbocycles. The molecule has 5 heteroatoms. The minimum Gasteiger partial charge on any atom is -0.476 e. The van der Waals surface area contributed by atoms with E-state index < -0.39 is 5.97 Å². The third-order valence-electron chi connectivity index (χ3n) is 3.31. The molecule has 0 aliphatic carbocycles. The number of nitrogens with zero attached hydrogens (tertiary/aromatic N) is 2. The first-order valence-electron chi connectivity index (χ1n) is 6.74. The van der Waals surface area contributed by atoms with Crippen molar-refractivity contribution in [2.24, 2.45) is 0 Å². The third-order valence-corrected chi connectivity index (χ3v) is 3.31. The van der Waals surface area contributed by atoms with E-state index in [2.05, 4.69) is 5.10 Å². The second-order valence-electron chi connectivity index (χ2n) is 4.87. The molecule has 1 aromatic heterocycles. The van der Waals surface area contributed by atoms with Crippen LogP contribution in [-0.4, -0.2) is 20.9 Å². The average molecular weight is 296 g/mol. The second kappa shape index (κ2) is 5.81. The maximum absolute atomic E-state index is 13.1. The van der Waals surface area contributed by atoms with E-state index in [4.69, 9.17) is 5.11 Å². The van der Waals surface area contributed by atoms with Gasteiger partial charge in [0.05, 0.1) is 12.2 Å². The zero-order valence-corrected chi connectivity index (χ0v) is 11.6. The molecule has 0 bridgehead atoms. The van der Waals surface area contributed by atoms with Crippen LogP contribution in [0.5, 0.6) is 0 Å². The maximum atomic E-state index is 13.1. The Morgan fingerprint density at radius 2 is 1.77 bits per heavy atom. The van der Waals surface area contributed by atoms with Crippen molar-refractivity contribution in [2.75, 3.05) is 0 Å². The van der Waals surface area contributed by atoms with Crippen molar-refractivity contribution in [3.63, 3.8) is 0 Å². The van der Waals surface area contributed by atoms with Crippen LogP contribution in [0.4, 0.5) is 4.39 Å². The van der Waals surface area contributed by atoms with Crippen molar-refractivity contribution < 1.29 is 14.3 Å². The molecule has 0 aliphatic heterocycles. The van der Waals surface area contributed by atoms with Crippen molar-refractivity contribution in [1.82, 2.24) is 9.78 Å². The zero-order chi connectivity index (χ0) is 15.5. The van der Waals surface area contributed by atoms with Gasteiger partial charge in [-0.15, -0.1) is 0 Å². The lowest BCUT2D eigenvalue weighted by Crippen LogP contribution is -2.05. The summed E-state index contributed by atoms with van der Waals surface area (Å²) in [5.41, 5.74) is 2.33. The molecule has 3 rings (SSSR count). The van der Waals surface area contributed by atoms with E-state index in [1.807, 2.05) is 30.3 Å². The highest BCUT2D eigenvalue weighted by atomic mass is 19.1. The van der Waals surface area contributed by atoms with Gasteiger partial charge in [-0.3, -0.25) is 4.68 Å². The Morgan fingerprint density at radius 3 is 2.41 bits per heavy atom. The molecule has 3 aromatic rings. The van der Waals surface area contributed by atoms with Crippen molar-refractivity contribution in [3.05, 3.63) is 77.7 Å². The van der Waals surface area contributed by atoms with Gasteiger partial charge in [0.2, 0.25) is 0 Å². The number of aromatic carboxylic acids is 1. The predicted molar refractivity (Wildman–Crippen MR) is 80.1 cm³/mol. The molecule has 1 N–H and O–H groups in total. The number of benzene rings is 2. The maximum Gasteiger partial charge on any atom is 0.356 e. The second-order valence-corrected chi connectivity index (χ2v) is 4.87. The molecule has 0 unspecified atom stereocenters. The Kier molecular flexibility index (Phi) is 3.70. The highest BCUT2D eigenvalue weighted by Gasteiger charge is 2.15. The number of aromatic nitrogens is 2. The highest BCUT2D eigenvalue weighted by molar-refractivity contribution is 5.87. The molecule has 0 saturated heterocycles. The van der Waals surface area contributed by atoms with E-state index >= 15 is 0 Å². The van der Waals surface area contributed by atoms with Gasteiger partial charge in [0.25, 0.3) is 0 Å². The Morgan fingerprint density at radius 1 is 1.09 bits per heavy atom. The van der Waals surface area contributed by atoms with Gasteiger partial charge in [0.15, 0.2) is 5.69 Å². The first-order valence-corrected chi connectivity index (χ1v) is 6.74. The largest absolute Gasteiger partial charge is 0.476 e. The van der Waals surface area contributed by atoms with Gasteiger partial charge in [-0.05, 0) is 35.9 Å². The van der Waals surface area contributed by atoms with E-state index in [-0.39, 0.29) is 11.5 Å². The number of hydrogen-bond acceptors (Lipinski definition) is 2. The summed E-state index contributed by atoms with van der Waals surface area (Å²) < 4.78 is 14.7. The lowest BCUT2D eigenvalue weighted by molar-refractivity contribution is 0.0689. The quantitative estimate of drug-likeness (QED) is 0.802. The summed E-state index contributed by atoms with van der Waals surface area (Å²) in [7, 11) is 0. The number of halogens is 1. The standard InChI is InChI=1S/C17H13FN2O2/c18-14-8-6-13(7-9-14)16-10-15(17(21)22)19-20(16)11-12-4-2-1-3-5-12/h1-10H,11H2,(H,21,22). The van der Waals surface area contributed by atoms with E-state index in [0.29, 0.717) is 12.2 Å². The first-order chi connectivity index (χ1) is 10.6.